The minimum atomic E-state index is -4.42. The average Bonchev–Trinajstić information content (AvgIpc) is 3.11. The van der Waals surface area contributed by atoms with Gasteiger partial charge in [0, 0.05) is 13.0 Å². The fourth-order valence-electron chi connectivity index (χ4n) is 4.18. The molecule has 10 heteroatoms. The molecule has 1 atom stereocenters. The Morgan fingerprint density at radius 1 is 1.35 bits per heavy atom. The van der Waals surface area contributed by atoms with Crippen LogP contribution in [0.15, 0.2) is 18.2 Å². The number of halogens is 5. The Morgan fingerprint density at radius 2 is 2.00 bits per heavy atom. The summed E-state index contributed by atoms with van der Waals surface area (Å²) in [6.45, 7) is 5.00. The Hall–Kier alpha value is -2.13. The lowest BCUT2D eigenvalue weighted by Crippen LogP contribution is -2.45. The van der Waals surface area contributed by atoms with Crippen molar-refractivity contribution < 1.29 is 27.5 Å². The minimum Gasteiger partial charge on any atom is -0.388 e. The number of nitrogens with zero attached hydrogens (tertiary/aromatic N) is 2. The van der Waals surface area contributed by atoms with Gasteiger partial charge in [0.1, 0.15) is 16.8 Å². The number of rotatable bonds is 7. The van der Waals surface area contributed by atoms with Crippen molar-refractivity contribution in [1.82, 2.24) is 14.9 Å². The Bertz CT molecular complexity index is 1030. The van der Waals surface area contributed by atoms with Gasteiger partial charge in [0.15, 0.2) is 5.69 Å². The lowest BCUT2D eigenvalue weighted by atomic mass is 9.79. The highest BCUT2D eigenvalue weighted by Crippen LogP contribution is 2.32. The van der Waals surface area contributed by atoms with Crippen LogP contribution in [-0.2, 0) is 12.8 Å². The Labute approximate surface area is 201 Å². The molecule has 0 saturated heterocycles. The second-order valence-electron chi connectivity index (χ2n) is 9.37. The quantitative estimate of drug-likeness (QED) is 0.480. The van der Waals surface area contributed by atoms with E-state index >= 15 is 0 Å². The molecule has 34 heavy (non-hydrogen) atoms. The lowest BCUT2D eigenvalue weighted by molar-refractivity contribution is -0.169. The van der Waals surface area contributed by atoms with Crippen molar-refractivity contribution >= 4 is 17.5 Å². The highest BCUT2D eigenvalue weighted by molar-refractivity contribution is 6.32. The molecule has 1 aliphatic rings. The molecule has 188 valence electrons. The number of carbonyl (C=O) groups excluding carboxylic acids is 1. The molecular formula is C24H30ClF4N3O2. The van der Waals surface area contributed by atoms with Gasteiger partial charge in [0.05, 0.1) is 17.2 Å². The molecule has 1 fully saturated rings. The summed E-state index contributed by atoms with van der Waals surface area (Å²) in [6, 6.07) is 3.85. The van der Waals surface area contributed by atoms with Gasteiger partial charge in [-0.05, 0) is 55.7 Å². The number of hydrogen-bond acceptors (Lipinski definition) is 3. The number of imidazole rings is 1. The summed E-state index contributed by atoms with van der Waals surface area (Å²) in [7, 11) is 0. The number of nitrogens with one attached hydrogen (secondary N) is 1. The normalized spacial score (nSPS) is 22.0. The monoisotopic (exact) mass is 503 g/mol. The van der Waals surface area contributed by atoms with E-state index in [4.69, 9.17) is 11.6 Å². The molecule has 0 radical (unpaired) electrons. The van der Waals surface area contributed by atoms with Crippen LogP contribution in [0.4, 0.5) is 17.6 Å². The molecule has 1 aliphatic carbocycles. The predicted molar refractivity (Wildman–Crippen MR) is 122 cm³/mol. The van der Waals surface area contributed by atoms with Crippen LogP contribution in [0.5, 0.6) is 0 Å². The maximum absolute atomic E-state index is 14.7. The largest absolute Gasteiger partial charge is 0.391 e. The number of carbonyl (C=O) groups is 1. The van der Waals surface area contributed by atoms with E-state index in [9.17, 15) is 27.5 Å². The van der Waals surface area contributed by atoms with Crippen LogP contribution < -0.4 is 5.32 Å². The Morgan fingerprint density at radius 3 is 2.56 bits per heavy atom. The summed E-state index contributed by atoms with van der Waals surface area (Å²) in [4.78, 5) is 17.1. The molecule has 1 aromatic heterocycles. The third kappa shape index (κ3) is 5.92. The van der Waals surface area contributed by atoms with Gasteiger partial charge in [-0.3, -0.25) is 9.36 Å². The molecule has 2 aromatic rings. The van der Waals surface area contributed by atoms with E-state index < -0.39 is 35.8 Å². The van der Waals surface area contributed by atoms with E-state index in [-0.39, 0.29) is 28.6 Å². The SMILES string of the molecule is CCc1nc(C(=O)NCC2(O)CCC(C)CC2)c(Cl)n1-c1ccc(CC(C)C(F)(F)F)c(F)c1. The standard InChI is InChI=1S/C24H30ClF4N3O2/c1-4-19-31-20(22(33)30-13-23(34)9-7-14(2)8-10-23)21(25)32(19)17-6-5-16(18(26)12-17)11-15(3)24(27,28)29/h5-6,12,14-15,34H,4,7-11,13H2,1-3H3,(H,30,33). The summed E-state index contributed by atoms with van der Waals surface area (Å²) in [6.07, 6.45) is -1.58. The van der Waals surface area contributed by atoms with Crippen LogP contribution in [-0.4, -0.2) is 38.9 Å². The molecule has 0 aliphatic heterocycles. The first kappa shape index (κ1) is 26.5. The molecule has 0 bridgehead atoms. The van der Waals surface area contributed by atoms with Gasteiger partial charge in [-0.2, -0.15) is 13.2 Å². The van der Waals surface area contributed by atoms with Gasteiger partial charge < -0.3 is 10.4 Å². The maximum Gasteiger partial charge on any atom is 0.391 e. The minimum absolute atomic E-state index is 0.0329. The van der Waals surface area contributed by atoms with Crippen LogP contribution in [0.25, 0.3) is 5.69 Å². The van der Waals surface area contributed by atoms with Gasteiger partial charge in [0.2, 0.25) is 0 Å². The molecule has 5 nitrogen and oxygen atoms in total. The maximum atomic E-state index is 14.7. The van der Waals surface area contributed by atoms with E-state index in [2.05, 4.69) is 17.2 Å². The zero-order valence-corrected chi connectivity index (χ0v) is 20.2. The van der Waals surface area contributed by atoms with E-state index in [1.165, 1.54) is 16.7 Å². The molecule has 0 spiro atoms. The third-order valence-electron chi connectivity index (χ3n) is 6.58. The molecule has 1 amide bonds. The first-order valence-corrected chi connectivity index (χ1v) is 11.9. The second kappa shape index (κ2) is 10.2. The number of hydrogen-bond donors (Lipinski definition) is 2. The summed E-state index contributed by atoms with van der Waals surface area (Å²) in [5.41, 5.74) is -0.830. The van der Waals surface area contributed by atoms with Gasteiger partial charge in [-0.25, -0.2) is 9.37 Å². The van der Waals surface area contributed by atoms with Crippen molar-refractivity contribution in [3.8, 4) is 5.69 Å². The highest BCUT2D eigenvalue weighted by Gasteiger charge is 2.36. The smallest absolute Gasteiger partial charge is 0.388 e. The number of aromatic nitrogens is 2. The van der Waals surface area contributed by atoms with Crippen molar-refractivity contribution in [2.45, 2.75) is 71.1 Å². The predicted octanol–water partition coefficient (Wildman–Crippen LogP) is 5.64. The lowest BCUT2D eigenvalue weighted by Gasteiger charge is -2.34. The number of alkyl halides is 3. The fourth-order valence-corrected chi connectivity index (χ4v) is 4.50. The Balaban J connectivity index is 1.80. The van der Waals surface area contributed by atoms with Crippen LogP contribution >= 0.6 is 11.6 Å². The molecule has 3 rings (SSSR count). The summed E-state index contributed by atoms with van der Waals surface area (Å²) in [5.74, 6) is -2.09. The molecular weight excluding hydrogens is 474 g/mol. The van der Waals surface area contributed by atoms with E-state index in [1.54, 1.807) is 6.92 Å². The molecule has 2 N–H and O–H groups in total. The zero-order chi connectivity index (χ0) is 25.3. The van der Waals surface area contributed by atoms with Gasteiger partial charge in [-0.1, -0.05) is 38.4 Å². The summed E-state index contributed by atoms with van der Waals surface area (Å²) >= 11 is 6.46. The van der Waals surface area contributed by atoms with Crippen LogP contribution in [0.3, 0.4) is 0 Å². The number of aliphatic hydroxyl groups is 1. The summed E-state index contributed by atoms with van der Waals surface area (Å²) < 4.78 is 54.6. The number of aryl methyl sites for hydroxylation is 1. The first-order chi connectivity index (χ1) is 15.8. The first-order valence-electron chi connectivity index (χ1n) is 11.5. The molecule has 1 saturated carbocycles. The van der Waals surface area contributed by atoms with Crippen molar-refractivity contribution in [1.29, 1.82) is 0 Å². The van der Waals surface area contributed by atoms with E-state index in [0.717, 1.165) is 25.8 Å². The van der Waals surface area contributed by atoms with E-state index in [1.807, 2.05) is 0 Å². The van der Waals surface area contributed by atoms with E-state index in [0.29, 0.717) is 31.0 Å². The summed E-state index contributed by atoms with van der Waals surface area (Å²) in [5, 5.41) is 13.4. The van der Waals surface area contributed by atoms with Gasteiger partial charge in [-0.15, -0.1) is 0 Å². The van der Waals surface area contributed by atoms with Gasteiger partial charge >= 0.3 is 6.18 Å². The fraction of sp³-hybridized carbons (Fsp3) is 0.583. The second-order valence-corrected chi connectivity index (χ2v) is 9.73. The number of benzene rings is 1. The Kier molecular flexibility index (Phi) is 7.97. The average molecular weight is 504 g/mol. The highest BCUT2D eigenvalue weighted by atomic mass is 35.5. The zero-order valence-electron chi connectivity index (χ0n) is 19.5. The van der Waals surface area contributed by atoms with Crippen molar-refractivity contribution in [2.75, 3.05) is 6.54 Å². The van der Waals surface area contributed by atoms with Crippen LogP contribution in [0.1, 0.15) is 68.3 Å². The van der Waals surface area contributed by atoms with Crippen LogP contribution in [0, 0.1) is 17.7 Å². The third-order valence-corrected chi connectivity index (χ3v) is 6.93. The number of amides is 1. The molecule has 1 heterocycles. The van der Waals surface area contributed by atoms with Crippen molar-refractivity contribution in [2.24, 2.45) is 11.8 Å². The topological polar surface area (TPSA) is 67.2 Å². The van der Waals surface area contributed by atoms with Crippen molar-refractivity contribution in [3.05, 3.63) is 46.3 Å². The molecule has 1 unspecified atom stereocenters. The van der Waals surface area contributed by atoms with Gasteiger partial charge in [0.25, 0.3) is 5.91 Å². The van der Waals surface area contributed by atoms with Crippen LogP contribution in [0.2, 0.25) is 5.15 Å². The van der Waals surface area contributed by atoms with Crippen molar-refractivity contribution in [3.63, 3.8) is 0 Å². The molecule has 1 aromatic carbocycles.